The van der Waals surface area contributed by atoms with Gasteiger partial charge in [0.15, 0.2) is 0 Å². The molecule has 4 rings (SSSR count). The van der Waals surface area contributed by atoms with E-state index >= 15 is 0 Å². The van der Waals surface area contributed by atoms with Gasteiger partial charge in [0.25, 0.3) is 0 Å². The molecule has 1 aliphatic heterocycles. The first kappa shape index (κ1) is 19.4. The molecule has 1 atom stereocenters. The van der Waals surface area contributed by atoms with Crippen LogP contribution in [0.2, 0.25) is 0 Å². The number of piperazine rings is 1. The van der Waals surface area contributed by atoms with Crippen LogP contribution in [0.15, 0.2) is 67.0 Å². The largest absolute Gasteiger partial charge is 0.329 e. The van der Waals surface area contributed by atoms with Crippen molar-refractivity contribution in [3.05, 3.63) is 83.9 Å². The lowest BCUT2D eigenvalue weighted by Gasteiger charge is -2.35. The molecule has 3 aromatic rings. The molecule has 1 saturated heterocycles. The SMILES string of the molecule is CC(=O)Nc1ccc(C(c2nccn2Cc2ccccc2)N2CCNCC2)cc1. The quantitative estimate of drug-likeness (QED) is 0.681. The monoisotopic (exact) mass is 389 g/mol. The normalized spacial score (nSPS) is 15.8. The highest BCUT2D eigenvalue weighted by Crippen LogP contribution is 2.29. The average Bonchev–Trinajstić information content (AvgIpc) is 3.18. The highest BCUT2D eigenvalue weighted by atomic mass is 16.1. The Hall–Kier alpha value is -2.96. The fourth-order valence-electron chi connectivity index (χ4n) is 3.90. The van der Waals surface area contributed by atoms with Crippen LogP contribution in [0.1, 0.15) is 29.9 Å². The molecule has 1 aromatic heterocycles. The van der Waals surface area contributed by atoms with Gasteiger partial charge < -0.3 is 15.2 Å². The van der Waals surface area contributed by atoms with E-state index in [4.69, 9.17) is 4.98 Å². The third-order valence-corrected chi connectivity index (χ3v) is 5.25. The van der Waals surface area contributed by atoms with Crippen molar-refractivity contribution < 1.29 is 4.79 Å². The molecule has 0 bridgehead atoms. The maximum absolute atomic E-state index is 11.3. The second-order valence-corrected chi connectivity index (χ2v) is 7.39. The number of imidazole rings is 1. The number of aromatic nitrogens is 2. The van der Waals surface area contributed by atoms with Crippen LogP contribution in [-0.4, -0.2) is 46.5 Å². The predicted octanol–water partition coefficient (Wildman–Crippen LogP) is 2.88. The van der Waals surface area contributed by atoms with Crippen molar-refractivity contribution in [1.82, 2.24) is 19.8 Å². The number of rotatable bonds is 6. The van der Waals surface area contributed by atoms with E-state index in [1.807, 2.05) is 24.4 Å². The Bertz CT molecular complexity index is 929. The fourth-order valence-corrected chi connectivity index (χ4v) is 3.90. The second-order valence-electron chi connectivity index (χ2n) is 7.39. The van der Waals surface area contributed by atoms with E-state index in [2.05, 4.69) is 62.7 Å². The Morgan fingerprint density at radius 2 is 1.83 bits per heavy atom. The molecule has 0 saturated carbocycles. The van der Waals surface area contributed by atoms with Gasteiger partial charge in [0.05, 0.1) is 6.04 Å². The summed E-state index contributed by atoms with van der Waals surface area (Å²) in [6.07, 6.45) is 3.95. The molecule has 29 heavy (non-hydrogen) atoms. The smallest absolute Gasteiger partial charge is 0.221 e. The van der Waals surface area contributed by atoms with Gasteiger partial charge in [0.1, 0.15) is 5.82 Å². The number of nitrogens with zero attached hydrogens (tertiary/aromatic N) is 3. The van der Waals surface area contributed by atoms with Gasteiger partial charge in [0.2, 0.25) is 5.91 Å². The average molecular weight is 390 g/mol. The Labute approximate surface area is 171 Å². The minimum Gasteiger partial charge on any atom is -0.329 e. The number of benzene rings is 2. The summed E-state index contributed by atoms with van der Waals surface area (Å²) in [6, 6.07) is 18.7. The fraction of sp³-hybridized carbons (Fsp3) is 0.304. The maximum Gasteiger partial charge on any atom is 0.221 e. The molecule has 0 spiro atoms. The van der Waals surface area contributed by atoms with E-state index in [0.29, 0.717) is 0 Å². The van der Waals surface area contributed by atoms with Crippen LogP contribution >= 0.6 is 0 Å². The number of carbonyl (C=O) groups excluding carboxylic acids is 1. The third-order valence-electron chi connectivity index (χ3n) is 5.25. The van der Waals surface area contributed by atoms with Crippen LogP contribution in [0.5, 0.6) is 0 Å². The lowest BCUT2D eigenvalue weighted by molar-refractivity contribution is -0.114. The minimum absolute atomic E-state index is 0.0604. The van der Waals surface area contributed by atoms with Gasteiger partial charge in [-0.1, -0.05) is 42.5 Å². The van der Waals surface area contributed by atoms with E-state index in [9.17, 15) is 4.79 Å². The molecule has 2 heterocycles. The number of anilines is 1. The van der Waals surface area contributed by atoms with Crippen LogP contribution < -0.4 is 10.6 Å². The molecule has 0 aliphatic carbocycles. The Morgan fingerprint density at radius 1 is 1.10 bits per heavy atom. The minimum atomic E-state index is -0.0604. The summed E-state index contributed by atoms with van der Waals surface area (Å²) < 4.78 is 2.24. The Kier molecular flexibility index (Phi) is 6.03. The summed E-state index contributed by atoms with van der Waals surface area (Å²) in [4.78, 5) is 18.6. The molecule has 1 fully saturated rings. The molecule has 6 heteroatoms. The van der Waals surface area contributed by atoms with Crippen molar-refractivity contribution in [2.45, 2.75) is 19.5 Å². The first-order chi connectivity index (χ1) is 14.2. The molecular weight excluding hydrogens is 362 g/mol. The van der Waals surface area contributed by atoms with Crippen molar-refractivity contribution >= 4 is 11.6 Å². The lowest BCUT2D eigenvalue weighted by Crippen LogP contribution is -2.46. The zero-order valence-corrected chi connectivity index (χ0v) is 16.7. The first-order valence-corrected chi connectivity index (χ1v) is 10.1. The van der Waals surface area contributed by atoms with Crippen LogP contribution in [0.25, 0.3) is 0 Å². The van der Waals surface area contributed by atoms with Gasteiger partial charge in [-0.3, -0.25) is 9.69 Å². The van der Waals surface area contributed by atoms with E-state index in [0.717, 1.165) is 44.2 Å². The van der Waals surface area contributed by atoms with Gasteiger partial charge in [-0.15, -0.1) is 0 Å². The van der Waals surface area contributed by atoms with Crippen molar-refractivity contribution in [3.8, 4) is 0 Å². The number of nitrogens with one attached hydrogen (secondary N) is 2. The molecule has 6 nitrogen and oxygen atoms in total. The topological polar surface area (TPSA) is 62.2 Å². The van der Waals surface area contributed by atoms with Gasteiger partial charge in [0, 0.05) is 57.7 Å². The van der Waals surface area contributed by atoms with Crippen molar-refractivity contribution in [1.29, 1.82) is 0 Å². The molecule has 150 valence electrons. The van der Waals surface area contributed by atoms with Crippen molar-refractivity contribution in [3.63, 3.8) is 0 Å². The van der Waals surface area contributed by atoms with Gasteiger partial charge in [-0.2, -0.15) is 0 Å². The van der Waals surface area contributed by atoms with E-state index in [-0.39, 0.29) is 11.9 Å². The first-order valence-electron chi connectivity index (χ1n) is 10.1. The summed E-state index contributed by atoms with van der Waals surface area (Å²) in [5.41, 5.74) is 3.25. The summed E-state index contributed by atoms with van der Waals surface area (Å²) in [6.45, 7) is 6.20. The Balaban J connectivity index is 1.66. The predicted molar refractivity (Wildman–Crippen MR) is 115 cm³/mol. The van der Waals surface area contributed by atoms with E-state index in [1.54, 1.807) is 0 Å². The van der Waals surface area contributed by atoms with Crippen LogP contribution in [0.4, 0.5) is 5.69 Å². The van der Waals surface area contributed by atoms with Crippen molar-refractivity contribution in [2.24, 2.45) is 0 Å². The molecule has 1 aliphatic rings. The Morgan fingerprint density at radius 3 is 2.52 bits per heavy atom. The van der Waals surface area contributed by atoms with Gasteiger partial charge in [-0.25, -0.2) is 4.98 Å². The summed E-state index contributed by atoms with van der Waals surface area (Å²) in [7, 11) is 0. The molecule has 2 N–H and O–H groups in total. The summed E-state index contributed by atoms with van der Waals surface area (Å²) >= 11 is 0. The third kappa shape index (κ3) is 4.72. The van der Waals surface area contributed by atoms with E-state index < -0.39 is 0 Å². The molecule has 1 amide bonds. The number of hydrogen-bond donors (Lipinski definition) is 2. The summed E-state index contributed by atoms with van der Waals surface area (Å²) in [5, 5.41) is 6.28. The molecule has 0 radical (unpaired) electrons. The lowest BCUT2D eigenvalue weighted by atomic mass is 10.0. The summed E-state index contributed by atoms with van der Waals surface area (Å²) in [5.74, 6) is 0.984. The van der Waals surface area contributed by atoms with Crippen LogP contribution in [0.3, 0.4) is 0 Å². The van der Waals surface area contributed by atoms with E-state index in [1.165, 1.54) is 18.1 Å². The number of hydrogen-bond acceptors (Lipinski definition) is 4. The van der Waals surface area contributed by atoms with Crippen molar-refractivity contribution in [2.75, 3.05) is 31.5 Å². The standard InChI is InChI=1S/C23H27N5O/c1-18(29)26-21-9-7-20(8-10-21)22(27-14-11-24-12-15-27)23-25-13-16-28(23)17-19-5-3-2-4-6-19/h2-10,13,16,22,24H,11-12,14-15,17H2,1H3,(H,26,29). The van der Waals surface area contributed by atoms with Gasteiger partial charge in [-0.05, 0) is 23.3 Å². The molecule has 2 aromatic carbocycles. The highest BCUT2D eigenvalue weighted by molar-refractivity contribution is 5.88. The maximum atomic E-state index is 11.3. The zero-order chi connectivity index (χ0) is 20.1. The number of amides is 1. The van der Waals surface area contributed by atoms with Crippen LogP contribution in [0, 0.1) is 0 Å². The van der Waals surface area contributed by atoms with Gasteiger partial charge >= 0.3 is 0 Å². The molecule has 1 unspecified atom stereocenters. The molecular formula is C23H27N5O. The zero-order valence-electron chi connectivity index (χ0n) is 16.7. The highest BCUT2D eigenvalue weighted by Gasteiger charge is 2.27. The number of carbonyl (C=O) groups is 1. The second kappa shape index (κ2) is 9.03. The van der Waals surface area contributed by atoms with Crippen LogP contribution in [-0.2, 0) is 11.3 Å².